The molecular formula is C15H27N5. The first-order valence-corrected chi connectivity index (χ1v) is 7.56. The quantitative estimate of drug-likeness (QED) is 0.914. The molecule has 5 nitrogen and oxygen atoms in total. The predicted molar refractivity (Wildman–Crippen MR) is 84.4 cm³/mol. The first kappa shape index (κ1) is 15.0. The summed E-state index contributed by atoms with van der Waals surface area (Å²) < 4.78 is 0. The Bertz CT molecular complexity index is 419. The fraction of sp³-hybridized carbons (Fsp3) is 0.733. The van der Waals surface area contributed by atoms with E-state index < -0.39 is 0 Å². The van der Waals surface area contributed by atoms with Gasteiger partial charge in [-0.05, 0) is 27.2 Å². The molecule has 1 aromatic heterocycles. The number of hydrogen-bond donors (Lipinski definition) is 1. The van der Waals surface area contributed by atoms with E-state index in [9.17, 15) is 0 Å². The molecule has 1 saturated heterocycles. The molecule has 2 rings (SSSR count). The van der Waals surface area contributed by atoms with Gasteiger partial charge in [-0.3, -0.25) is 9.88 Å². The molecule has 0 spiro atoms. The second kappa shape index (κ2) is 6.39. The highest BCUT2D eigenvalue weighted by Gasteiger charge is 2.26. The van der Waals surface area contributed by atoms with Crippen LogP contribution >= 0.6 is 0 Å². The molecule has 0 bridgehead atoms. The number of rotatable bonds is 4. The third-order valence-electron chi connectivity index (χ3n) is 3.73. The summed E-state index contributed by atoms with van der Waals surface area (Å²) in [5.74, 6) is 1.86. The van der Waals surface area contributed by atoms with Crippen molar-refractivity contribution in [2.45, 2.75) is 39.7 Å². The average molecular weight is 277 g/mol. The van der Waals surface area contributed by atoms with E-state index in [1.807, 2.05) is 6.20 Å². The summed E-state index contributed by atoms with van der Waals surface area (Å²) in [7, 11) is 0. The standard InChI is InChI=1S/C15H27N5/c1-5-6-17-13-11-16-12-14(18-13)19-7-9-20(10-8-19)15(2,3)4/h11-12H,5-10H2,1-4H3,(H,17,18). The van der Waals surface area contributed by atoms with Gasteiger partial charge in [-0.15, -0.1) is 0 Å². The van der Waals surface area contributed by atoms with Crippen molar-refractivity contribution in [3.8, 4) is 0 Å². The largest absolute Gasteiger partial charge is 0.369 e. The minimum Gasteiger partial charge on any atom is -0.369 e. The van der Waals surface area contributed by atoms with Crippen molar-refractivity contribution in [1.82, 2.24) is 14.9 Å². The maximum absolute atomic E-state index is 4.65. The van der Waals surface area contributed by atoms with E-state index in [4.69, 9.17) is 0 Å². The lowest BCUT2D eigenvalue weighted by Crippen LogP contribution is -2.53. The van der Waals surface area contributed by atoms with Crippen LogP contribution in [-0.2, 0) is 0 Å². The van der Waals surface area contributed by atoms with E-state index in [1.54, 1.807) is 6.20 Å². The summed E-state index contributed by atoms with van der Waals surface area (Å²) in [6, 6.07) is 0. The van der Waals surface area contributed by atoms with E-state index in [1.165, 1.54) is 0 Å². The van der Waals surface area contributed by atoms with Crippen LogP contribution in [0.15, 0.2) is 12.4 Å². The highest BCUT2D eigenvalue weighted by atomic mass is 15.3. The molecule has 20 heavy (non-hydrogen) atoms. The highest BCUT2D eigenvalue weighted by molar-refractivity contribution is 5.44. The van der Waals surface area contributed by atoms with Crippen LogP contribution in [0.5, 0.6) is 0 Å². The van der Waals surface area contributed by atoms with E-state index in [0.717, 1.165) is 50.8 Å². The van der Waals surface area contributed by atoms with Crippen molar-refractivity contribution in [2.24, 2.45) is 0 Å². The molecule has 0 unspecified atom stereocenters. The number of aromatic nitrogens is 2. The Labute approximate surface area is 122 Å². The summed E-state index contributed by atoms with van der Waals surface area (Å²) in [5.41, 5.74) is 0.252. The van der Waals surface area contributed by atoms with Gasteiger partial charge in [-0.1, -0.05) is 6.92 Å². The normalized spacial score (nSPS) is 17.3. The fourth-order valence-corrected chi connectivity index (χ4v) is 2.45. The Hall–Kier alpha value is -1.36. The monoisotopic (exact) mass is 277 g/mol. The second-order valence-corrected chi connectivity index (χ2v) is 6.33. The second-order valence-electron chi connectivity index (χ2n) is 6.33. The lowest BCUT2D eigenvalue weighted by molar-refractivity contribution is 0.128. The Morgan fingerprint density at radius 3 is 2.45 bits per heavy atom. The first-order chi connectivity index (χ1) is 9.50. The van der Waals surface area contributed by atoms with Crippen molar-refractivity contribution in [3.05, 3.63) is 12.4 Å². The summed E-state index contributed by atoms with van der Waals surface area (Å²) in [6.07, 6.45) is 4.75. The molecule has 0 amide bonds. The average Bonchev–Trinajstić information content (AvgIpc) is 2.45. The van der Waals surface area contributed by atoms with Crippen LogP contribution in [-0.4, -0.2) is 53.1 Å². The molecular weight excluding hydrogens is 250 g/mol. The minimum atomic E-state index is 0.252. The molecule has 0 aromatic carbocycles. The van der Waals surface area contributed by atoms with Gasteiger partial charge in [0.2, 0.25) is 0 Å². The molecule has 0 saturated carbocycles. The van der Waals surface area contributed by atoms with Crippen LogP contribution in [0, 0.1) is 0 Å². The lowest BCUT2D eigenvalue weighted by Gasteiger charge is -2.42. The molecule has 1 aliphatic heterocycles. The van der Waals surface area contributed by atoms with Gasteiger partial charge in [0.25, 0.3) is 0 Å². The zero-order valence-corrected chi connectivity index (χ0v) is 13.2. The van der Waals surface area contributed by atoms with Crippen molar-refractivity contribution in [2.75, 3.05) is 42.9 Å². The molecule has 0 aliphatic carbocycles. The Balaban J connectivity index is 1.96. The van der Waals surface area contributed by atoms with Gasteiger partial charge >= 0.3 is 0 Å². The van der Waals surface area contributed by atoms with Gasteiger partial charge in [-0.2, -0.15) is 0 Å². The van der Waals surface area contributed by atoms with Crippen LogP contribution in [0.1, 0.15) is 34.1 Å². The van der Waals surface area contributed by atoms with Crippen LogP contribution in [0.3, 0.4) is 0 Å². The Morgan fingerprint density at radius 1 is 1.15 bits per heavy atom. The third kappa shape index (κ3) is 3.82. The number of anilines is 2. The molecule has 1 aromatic rings. The van der Waals surface area contributed by atoms with Gasteiger partial charge in [0.1, 0.15) is 11.6 Å². The summed E-state index contributed by atoms with van der Waals surface area (Å²) in [5, 5.41) is 3.30. The Kier molecular flexibility index (Phi) is 4.81. The summed E-state index contributed by atoms with van der Waals surface area (Å²) in [6.45, 7) is 14.1. The minimum absolute atomic E-state index is 0.252. The van der Waals surface area contributed by atoms with Crippen molar-refractivity contribution in [3.63, 3.8) is 0 Å². The molecule has 5 heteroatoms. The summed E-state index contributed by atoms with van der Waals surface area (Å²) in [4.78, 5) is 13.8. The number of nitrogens with one attached hydrogen (secondary N) is 1. The number of nitrogens with zero attached hydrogens (tertiary/aromatic N) is 4. The van der Waals surface area contributed by atoms with E-state index in [-0.39, 0.29) is 5.54 Å². The van der Waals surface area contributed by atoms with Crippen molar-refractivity contribution < 1.29 is 0 Å². The zero-order chi connectivity index (χ0) is 14.6. The van der Waals surface area contributed by atoms with Crippen LogP contribution in [0.2, 0.25) is 0 Å². The molecule has 1 N–H and O–H groups in total. The lowest BCUT2D eigenvalue weighted by atomic mass is 10.1. The highest BCUT2D eigenvalue weighted by Crippen LogP contribution is 2.19. The van der Waals surface area contributed by atoms with Gasteiger partial charge < -0.3 is 10.2 Å². The number of piperazine rings is 1. The third-order valence-corrected chi connectivity index (χ3v) is 3.73. The van der Waals surface area contributed by atoms with Crippen LogP contribution < -0.4 is 10.2 Å². The van der Waals surface area contributed by atoms with E-state index in [0.29, 0.717) is 0 Å². The van der Waals surface area contributed by atoms with E-state index >= 15 is 0 Å². The predicted octanol–water partition coefficient (Wildman–Crippen LogP) is 2.22. The van der Waals surface area contributed by atoms with Gasteiger partial charge in [-0.25, -0.2) is 4.98 Å². The Morgan fingerprint density at radius 2 is 1.85 bits per heavy atom. The van der Waals surface area contributed by atoms with Gasteiger partial charge in [0.05, 0.1) is 12.4 Å². The summed E-state index contributed by atoms with van der Waals surface area (Å²) >= 11 is 0. The van der Waals surface area contributed by atoms with Crippen LogP contribution in [0.4, 0.5) is 11.6 Å². The number of hydrogen-bond acceptors (Lipinski definition) is 5. The molecule has 1 fully saturated rings. The van der Waals surface area contributed by atoms with Gasteiger partial charge in [0, 0.05) is 38.3 Å². The topological polar surface area (TPSA) is 44.3 Å². The van der Waals surface area contributed by atoms with Gasteiger partial charge in [0.15, 0.2) is 0 Å². The first-order valence-electron chi connectivity index (χ1n) is 7.56. The van der Waals surface area contributed by atoms with E-state index in [2.05, 4.69) is 52.8 Å². The molecule has 0 radical (unpaired) electrons. The zero-order valence-electron chi connectivity index (χ0n) is 13.2. The maximum Gasteiger partial charge on any atom is 0.149 e. The smallest absolute Gasteiger partial charge is 0.149 e. The molecule has 2 heterocycles. The van der Waals surface area contributed by atoms with Crippen molar-refractivity contribution in [1.29, 1.82) is 0 Å². The molecule has 0 atom stereocenters. The van der Waals surface area contributed by atoms with Crippen LogP contribution in [0.25, 0.3) is 0 Å². The SMILES string of the molecule is CCCNc1cncc(N2CCN(C(C)(C)C)CC2)n1. The molecule has 112 valence electrons. The fourth-order valence-electron chi connectivity index (χ4n) is 2.45. The maximum atomic E-state index is 4.65. The van der Waals surface area contributed by atoms with Crippen molar-refractivity contribution >= 4 is 11.6 Å². The molecule has 1 aliphatic rings.